The van der Waals surface area contributed by atoms with Crippen LogP contribution in [0.2, 0.25) is 0 Å². The minimum atomic E-state index is -3.77. The third kappa shape index (κ3) is 3.22. The first kappa shape index (κ1) is 13.8. The third-order valence-electron chi connectivity index (χ3n) is 2.69. The van der Waals surface area contributed by atoms with E-state index in [1.54, 1.807) is 36.4 Å². The Bertz CT molecular complexity index is 613. The van der Waals surface area contributed by atoms with Crippen molar-refractivity contribution in [1.29, 1.82) is 0 Å². The van der Waals surface area contributed by atoms with Gasteiger partial charge in [-0.25, -0.2) is 8.96 Å². The van der Waals surface area contributed by atoms with Gasteiger partial charge >= 0.3 is 7.60 Å². The second-order valence-electron chi connectivity index (χ2n) is 4.03. The molecule has 0 aliphatic heterocycles. The van der Waals surface area contributed by atoms with Crippen LogP contribution < -0.4 is 4.52 Å². The average molecular weight is 280 g/mol. The lowest BCUT2D eigenvalue weighted by Gasteiger charge is -2.13. The summed E-state index contributed by atoms with van der Waals surface area (Å²) in [6.07, 6.45) is -0.0675. The minimum Gasteiger partial charge on any atom is -0.421 e. The van der Waals surface area contributed by atoms with Gasteiger partial charge in [-0.1, -0.05) is 49.4 Å². The van der Waals surface area contributed by atoms with Crippen molar-refractivity contribution in [2.24, 2.45) is 0 Å². The summed E-state index contributed by atoms with van der Waals surface area (Å²) in [6, 6.07) is 13.5. The van der Waals surface area contributed by atoms with Gasteiger partial charge in [-0.05, 0) is 11.6 Å². The fourth-order valence-corrected chi connectivity index (χ4v) is 2.22. The molecule has 0 aliphatic carbocycles. The molecule has 2 aromatic rings. The van der Waals surface area contributed by atoms with Gasteiger partial charge in [0.1, 0.15) is 0 Å². The zero-order valence-corrected chi connectivity index (χ0v) is 11.3. The van der Waals surface area contributed by atoms with Gasteiger partial charge in [0.25, 0.3) is 0 Å². The van der Waals surface area contributed by atoms with Crippen LogP contribution in [0.25, 0.3) is 11.1 Å². The van der Waals surface area contributed by atoms with E-state index >= 15 is 0 Å². The topological polar surface area (TPSA) is 46.5 Å². The van der Waals surface area contributed by atoms with Crippen LogP contribution in [0, 0.1) is 5.82 Å². The van der Waals surface area contributed by atoms with E-state index < -0.39 is 13.4 Å². The Morgan fingerprint density at radius 1 is 1.16 bits per heavy atom. The highest BCUT2D eigenvalue weighted by Gasteiger charge is 2.21. The molecule has 0 spiro atoms. The number of hydrogen-bond donors (Lipinski definition) is 1. The number of halogens is 1. The zero-order valence-electron chi connectivity index (χ0n) is 10.4. The van der Waals surface area contributed by atoms with Crippen LogP contribution in [0.1, 0.15) is 6.92 Å². The van der Waals surface area contributed by atoms with Crippen molar-refractivity contribution < 1.29 is 18.4 Å². The molecule has 0 aliphatic rings. The van der Waals surface area contributed by atoms with Crippen molar-refractivity contribution in [1.82, 2.24) is 0 Å². The molecule has 0 saturated heterocycles. The van der Waals surface area contributed by atoms with Gasteiger partial charge in [-0.2, -0.15) is 0 Å². The monoisotopic (exact) mass is 280 g/mol. The Balaban J connectivity index is 2.42. The highest BCUT2D eigenvalue weighted by Crippen LogP contribution is 2.44. The zero-order chi connectivity index (χ0) is 13.9. The van der Waals surface area contributed by atoms with E-state index in [2.05, 4.69) is 0 Å². The summed E-state index contributed by atoms with van der Waals surface area (Å²) in [7, 11) is -3.77. The van der Waals surface area contributed by atoms with Crippen molar-refractivity contribution in [3.8, 4) is 16.9 Å². The summed E-state index contributed by atoms with van der Waals surface area (Å²) in [5.41, 5.74) is 1.03. The highest BCUT2D eigenvalue weighted by molar-refractivity contribution is 7.53. The Labute approximate surface area is 111 Å². The molecule has 19 heavy (non-hydrogen) atoms. The van der Waals surface area contributed by atoms with Crippen LogP contribution in [0.15, 0.2) is 48.5 Å². The van der Waals surface area contributed by atoms with Crippen LogP contribution in [0.3, 0.4) is 0 Å². The number of benzene rings is 2. The first-order valence-electron chi connectivity index (χ1n) is 5.89. The van der Waals surface area contributed by atoms with E-state index in [9.17, 15) is 13.8 Å². The molecule has 0 saturated carbocycles. The smallest absolute Gasteiger partial charge is 0.376 e. The van der Waals surface area contributed by atoms with Gasteiger partial charge in [-0.3, -0.25) is 0 Å². The van der Waals surface area contributed by atoms with Gasteiger partial charge in [0, 0.05) is 5.56 Å². The molecule has 100 valence electrons. The van der Waals surface area contributed by atoms with E-state index in [1.165, 1.54) is 13.0 Å². The normalized spacial score (nSPS) is 13.8. The molecule has 0 radical (unpaired) electrons. The molecule has 0 heterocycles. The summed E-state index contributed by atoms with van der Waals surface area (Å²) in [4.78, 5) is 9.43. The van der Waals surface area contributed by atoms with Crippen molar-refractivity contribution in [2.45, 2.75) is 6.92 Å². The molecule has 0 bridgehead atoms. The lowest BCUT2D eigenvalue weighted by Crippen LogP contribution is -1.97. The lowest BCUT2D eigenvalue weighted by molar-refractivity contribution is 0.371. The van der Waals surface area contributed by atoms with Crippen molar-refractivity contribution in [3.05, 3.63) is 54.3 Å². The molecule has 0 aromatic heterocycles. The van der Waals surface area contributed by atoms with Crippen LogP contribution in [-0.4, -0.2) is 11.1 Å². The molecule has 0 amide bonds. The summed E-state index contributed by atoms with van der Waals surface area (Å²) in [5, 5.41) is 0. The number of rotatable bonds is 4. The molecule has 2 rings (SSSR count). The van der Waals surface area contributed by atoms with Gasteiger partial charge in [0.05, 0.1) is 6.16 Å². The standard InChI is InChI=1S/C14H14FO3P/c1-2-19(16,17)18-13-10-6-9-12(14(13)15)11-7-4-3-5-8-11/h3-10H,2H2,1H3,(H,16,17). The second kappa shape index (κ2) is 5.55. The number of hydrogen-bond acceptors (Lipinski definition) is 2. The molecule has 1 atom stereocenters. The molecular formula is C14H14FO3P. The van der Waals surface area contributed by atoms with Crippen LogP contribution >= 0.6 is 7.60 Å². The Kier molecular flexibility index (Phi) is 4.03. The molecule has 3 nitrogen and oxygen atoms in total. The molecular weight excluding hydrogens is 266 g/mol. The molecule has 5 heteroatoms. The van der Waals surface area contributed by atoms with Crippen LogP contribution in [-0.2, 0) is 4.57 Å². The van der Waals surface area contributed by atoms with Gasteiger partial charge in [0.2, 0.25) is 0 Å². The molecule has 1 N–H and O–H groups in total. The predicted molar refractivity (Wildman–Crippen MR) is 72.8 cm³/mol. The SMILES string of the molecule is CCP(=O)(O)Oc1cccc(-c2ccccc2)c1F. The quantitative estimate of drug-likeness (QED) is 0.858. The first-order chi connectivity index (χ1) is 9.03. The van der Waals surface area contributed by atoms with E-state index in [0.29, 0.717) is 11.1 Å². The maximum absolute atomic E-state index is 14.3. The van der Waals surface area contributed by atoms with E-state index in [-0.39, 0.29) is 11.9 Å². The summed E-state index contributed by atoms with van der Waals surface area (Å²) in [5.74, 6) is -0.828. The first-order valence-corrected chi connectivity index (χ1v) is 7.65. The van der Waals surface area contributed by atoms with Crippen molar-refractivity contribution in [3.63, 3.8) is 0 Å². The fraction of sp³-hybridized carbons (Fsp3) is 0.143. The van der Waals surface area contributed by atoms with Gasteiger partial charge in [0.15, 0.2) is 11.6 Å². The van der Waals surface area contributed by atoms with Crippen molar-refractivity contribution in [2.75, 3.05) is 6.16 Å². The average Bonchev–Trinajstić information content (AvgIpc) is 2.42. The Morgan fingerprint density at radius 2 is 1.84 bits per heavy atom. The third-order valence-corrected chi connectivity index (χ3v) is 3.97. The highest BCUT2D eigenvalue weighted by atomic mass is 31.2. The molecule has 2 aromatic carbocycles. The largest absolute Gasteiger partial charge is 0.421 e. The summed E-state index contributed by atoms with van der Waals surface area (Å²) >= 11 is 0. The van der Waals surface area contributed by atoms with Gasteiger partial charge < -0.3 is 9.42 Å². The van der Waals surface area contributed by atoms with Crippen LogP contribution in [0.4, 0.5) is 4.39 Å². The summed E-state index contributed by atoms with van der Waals surface area (Å²) in [6.45, 7) is 1.51. The minimum absolute atomic E-state index is 0.0675. The molecule has 1 unspecified atom stereocenters. The van der Waals surface area contributed by atoms with Crippen LogP contribution in [0.5, 0.6) is 5.75 Å². The van der Waals surface area contributed by atoms with E-state index in [1.807, 2.05) is 6.07 Å². The van der Waals surface area contributed by atoms with E-state index in [4.69, 9.17) is 4.52 Å². The lowest BCUT2D eigenvalue weighted by atomic mass is 10.1. The Hall–Kier alpha value is -1.64. The molecule has 0 fully saturated rings. The van der Waals surface area contributed by atoms with Crippen molar-refractivity contribution >= 4 is 7.60 Å². The predicted octanol–water partition coefficient (Wildman–Crippen LogP) is 4.08. The maximum Gasteiger partial charge on any atom is 0.376 e. The maximum atomic E-state index is 14.3. The fourth-order valence-electron chi connectivity index (χ4n) is 1.64. The second-order valence-corrected chi connectivity index (χ2v) is 6.12. The van der Waals surface area contributed by atoms with Gasteiger partial charge in [-0.15, -0.1) is 0 Å². The van der Waals surface area contributed by atoms with E-state index in [0.717, 1.165) is 0 Å². The Morgan fingerprint density at radius 3 is 2.47 bits per heavy atom. The summed E-state index contributed by atoms with van der Waals surface area (Å²) < 4.78 is 30.7.